The van der Waals surface area contributed by atoms with Crippen molar-refractivity contribution in [2.45, 2.75) is 11.3 Å². The van der Waals surface area contributed by atoms with E-state index in [0.29, 0.717) is 18.0 Å². The Morgan fingerprint density at radius 3 is 3.12 bits per heavy atom. The molecule has 1 heterocycles. The second-order valence-corrected chi connectivity index (χ2v) is 5.47. The Hall–Kier alpha value is -0.520. The van der Waals surface area contributed by atoms with Gasteiger partial charge in [-0.25, -0.2) is 0 Å². The van der Waals surface area contributed by atoms with Gasteiger partial charge in [0, 0.05) is 28.4 Å². The van der Waals surface area contributed by atoms with E-state index < -0.39 is 0 Å². The summed E-state index contributed by atoms with van der Waals surface area (Å²) in [5.74, 6) is 0.372. The van der Waals surface area contributed by atoms with E-state index in [1.807, 2.05) is 12.1 Å². The first-order valence-electron chi connectivity index (χ1n) is 5.51. The number of benzene rings is 1. The van der Waals surface area contributed by atoms with Gasteiger partial charge in [-0.2, -0.15) is 0 Å². The van der Waals surface area contributed by atoms with Crippen molar-refractivity contribution in [3.05, 3.63) is 28.2 Å². The Labute approximate surface area is 114 Å². The molecule has 1 atom stereocenters. The van der Waals surface area contributed by atoms with Gasteiger partial charge in [0.2, 0.25) is 0 Å². The largest absolute Gasteiger partial charge is 0.381 e. The van der Waals surface area contributed by atoms with Crippen LogP contribution in [0.5, 0.6) is 0 Å². The van der Waals surface area contributed by atoms with Crippen LogP contribution in [-0.2, 0) is 4.74 Å². The molecule has 5 heteroatoms. The zero-order valence-electron chi connectivity index (χ0n) is 9.28. The Bertz CT molecular complexity index is 419. The average molecular weight is 316 g/mol. The van der Waals surface area contributed by atoms with Crippen LogP contribution in [0.3, 0.4) is 0 Å². The lowest BCUT2D eigenvalue weighted by atomic mass is 10.1. The van der Waals surface area contributed by atoms with Crippen LogP contribution in [0, 0.1) is 5.92 Å². The molecule has 92 valence electrons. The number of amides is 1. The van der Waals surface area contributed by atoms with Gasteiger partial charge in [0.05, 0.1) is 12.2 Å². The molecule has 0 aromatic heterocycles. The molecule has 1 amide bonds. The number of hydrogen-bond donors (Lipinski definition) is 2. The average Bonchev–Trinajstić information content (AvgIpc) is 2.82. The molecule has 0 saturated carbocycles. The number of carbonyl (C=O) groups is 1. The van der Waals surface area contributed by atoms with Crippen molar-refractivity contribution < 1.29 is 9.53 Å². The summed E-state index contributed by atoms with van der Waals surface area (Å²) in [6, 6.07) is 5.43. The molecular formula is C12H14BrNO2S. The minimum Gasteiger partial charge on any atom is -0.381 e. The second kappa shape index (κ2) is 5.89. The summed E-state index contributed by atoms with van der Waals surface area (Å²) in [5, 5.41) is 2.93. The number of hydrogen-bond acceptors (Lipinski definition) is 3. The number of halogens is 1. The fourth-order valence-electron chi connectivity index (χ4n) is 1.76. The summed E-state index contributed by atoms with van der Waals surface area (Å²) in [4.78, 5) is 12.7. The third kappa shape index (κ3) is 3.47. The number of ether oxygens (including phenoxy) is 1. The minimum absolute atomic E-state index is 0.0697. The number of thiol groups is 1. The molecule has 1 unspecified atom stereocenters. The standard InChI is InChI=1S/C12H14BrNO2S/c13-11-2-1-9(17)5-10(11)12(15)14-6-8-3-4-16-7-8/h1-2,5,8,17H,3-4,6-7H2,(H,14,15). The lowest BCUT2D eigenvalue weighted by molar-refractivity contribution is 0.0944. The molecule has 1 aromatic carbocycles. The number of rotatable bonds is 3. The van der Waals surface area contributed by atoms with Crippen molar-refractivity contribution in [2.24, 2.45) is 5.92 Å². The maximum absolute atomic E-state index is 12.0. The second-order valence-electron chi connectivity index (χ2n) is 4.10. The van der Waals surface area contributed by atoms with Crippen LogP contribution in [0.4, 0.5) is 0 Å². The van der Waals surface area contributed by atoms with Crippen molar-refractivity contribution in [2.75, 3.05) is 19.8 Å². The van der Waals surface area contributed by atoms with E-state index in [1.165, 1.54) is 0 Å². The van der Waals surface area contributed by atoms with Gasteiger partial charge >= 0.3 is 0 Å². The first-order valence-corrected chi connectivity index (χ1v) is 6.75. The summed E-state index contributed by atoms with van der Waals surface area (Å²) in [6.07, 6.45) is 1.02. The highest BCUT2D eigenvalue weighted by molar-refractivity contribution is 9.10. The maximum Gasteiger partial charge on any atom is 0.252 e. The van der Waals surface area contributed by atoms with E-state index in [-0.39, 0.29) is 5.91 Å². The predicted molar refractivity (Wildman–Crippen MR) is 72.7 cm³/mol. The summed E-state index contributed by atoms with van der Waals surface area (Å²) in [6.45, 7) is 2.21. The summed E-state index contributed by atoms with van der Waals surface area (Å²) in [7, 11) is 0. The molecule has 1 aromatic rings. The lowest BCUT2D eigenvalue weighted by Gasteiger charge is -2.10. The van der Waals surface area contributed by atoms with Gasteiger partial charge in [-0.1, -0.05) is 0 Å². The smallest absolute Gasteiger partial charge is 0.252 e. The highest BCUT2D eigenvalue weighted by Gasteiger charge is 2.17. The van der Waals surface area contributed by atoms with Crippen LogP contribution in [-0.4, -0.2) is 25.7 Å². The van der Waals surface area contributed by atoms with Crippen molar-refractivity contribution in [1.82, 2.24) is 5.32 Å². The number of carbonyl (C=O) groups excluding carboxylic acids is 1. The van der Waals surface area contributed by atoms with Gasteiger partial charge in [-0.15, -0.1) is 12.6 Å². The Morgan fingerprint density at radius 2 is 2.41 bits per heavy atom. The predicted octanol–water partition coefficient (Wildman–Crippen LogP) is 2.50. The van der Waals surface area contributed by atoms with Gasteiger partial charge in [0.1, 0.15) is 0 Å². The van der Waals surface area contributed by atoms with Gasteiger partial charge in [-0.3, -0.25) is 4.79 Å². The van der Waals surface area contributed by atoms with Crippen molar-refractivity contribution in [1.29, 1.82) is 0 Å². The fraction of sp³-hybridized carbons (Fsp3) is 0.417. The van der Waals surface area contributed by atoms with E-state index >= 15 is 0 Å². The fourth-order valence-corrected chi connectivity index (χ4v) is 2.39. The Morgan fingerprint density at radius 1 is 1.59 bits per heavy atom. The molecule has 1 aliphatic heterocycles. The van der Waals surface area contributed by atoms with E-state index in [2.05, 4.69) is 33.9 Å². The molecule has 0 spiro atoms. The minimum atomic E-state index is -0.0697. The topological polar surface area (TPSA) is 38.3 Å². The van der Waals surface area contributed by atoms with Crippen molar-refractivity contribution in [3.63, 3.8) is 0 Å². The van der Waals surface area contributed by atoms with Gasteiger partial charge < -0.3 is 10.1 Å². The lowest BCUT2D eigenvalue weighted by Crippen LogP contribution is -2.29. The molecule has 1 aliphatic rings. The van der Waals surface area contributed by atoms with Crippen molar-refractivity contribution >= 4 is 34.5 Å². The maximum atomic E-state index is 12.0. The molecule has 2 rings (SSSR count). The molecule has 0 bridgehead atoms. The van der Waals surface area contributed by atoms with Crippen molar-refractivity contribution in [3.8, 4) is 0 Å². The first kappa shape index (κ1) is 12.9. The van der Waals surface area contributed by atoms with Crippen LogP contribution in [0.2, 0.25) is 0 Å². The van der Waals surface area contributed by atoms with Gasteiger partial charge in [0.25, 0.3) is 5.91 Å². The normalized spacial score (nSPS) is 19.3. The van der Waals surface area contributed by atoms with Gasteiger partial charge in [-0.05, 0) is 40.5 Å². The highest BCUT2D eigenvalue weighted by Crippen LogP contribution is 2.20. The van der Waals surface area contributed by atoms with Crippen LogP contribution in [0.25, 0.3) is 0 Å². The Kier molecular flexibility index (Phi) is 4.48. The zero-order chi connectivity index (χ0) is 12.3. The Balaban J connectivity index is 1.96. The van der Waals surface area contributed by atoms with Crippen LogP contribution < -0.4 is 5.32 Å². The molecule has 1 saturated heterocycles. The summed E-state index contributed by atoms with van der Waals surface area (Å²) >= 11 is 7.60. The molecule has 0 aliphatic carbocycles. The van der Waals surface area contributed by atoms with E-state index in [0.717, 1.165) is 29.0 Å². The third-order valence-electron chi connectivity index (χ3n) is 2.77. The quantitative estimate of drug-likeness (QED) is 0.841. The van der Waals surface area contributed by atoms with Crippen LogP contribution >= 0.6 is 28.6 Å². The molecular weight excluding hydrogens is 302 g/mol. The number of nitrogens with one attached hydrogen (secondary N) is 1. The van der Waals surface area contributed by atoms with E-state index in [1.54, 1.807) is 6.07 Å². The molecule has 1 N–H and O–H groups in total. The molecule has 17 heavy (non-hydrogen) atoms. The highest BCUT2D eigenvalue weighted by atomic mass is 79.9. The van der Waals surface area contributed by atoms with E-state index in [4.69, 9.17) is 4.74 Å². The molecule has 1 fully saturated rings. The van der Waals surface area contributed by atoms with E-state index in [9.17, 15) is 4.79 Å². The monoisotopic (exact) mass is 315 g/mol. The van der Waals surface area contributed by atoms with Crippen LogP contribution in [0.1, 0.15) is 16.8 Å². The molecule has 0 radical (unpaired) electrons. The first-order chi connectivity index (χ1) is 8.16. The summed E-state index contributed by atoms with van der Waals surface area (Å²) in [5.41, 5.74) is 0.622. The van der Waals surface area contributed by atoms with Crippen LogP contribution in [0.15, 0.2) is 27.6 Å². The third-order valence-corrected chi connectivity index (χ3v) is 3.74. The SMILES string of the molecule is O=C(NCC1CCOC1)c1cc(S)ccc1Br. The molecule has 3 nitrogen and oxygen atoms in total. The summed E-state index contributed by atoms with van der Waals surface area (Å²) < 4.78 is 6.05. The van der Waals surface area contributed by atoms with Gasteiger partial charge in [0.15, 0.2) is 0 Å². The zero-order valence-corrected chi connectivity index (χ0v) is 11.8.